The van der Waals surface area contributed by atoms with Crippen molar-refractivity contribution < 1.29 is 15.3 Å². The first-order chi connectivity index (χ1) is 5.88. The average Bonchev–Trinajstić information content (AvgIpc) is 1.86. The Bertz CT molecular complexity index is 111. The van der Waals surface area contributed by atoms with Crippen molar-refractivity contribution in [3.8, 4) is 0 Å². The molecule has 80 valence electrons. The van der Waals surface area contributed by atoms with Crippen LogP contribution in [-0.4, -0.2) is 59.6 Å². The van der Waals surface area contributed by atoms with E-state index in [1.54, 1.807) is 0 Å². The average molecular weight is 238 g/mol. The number of rotatable bonds is 2. The van der Waals surface area contributed by atoms with Crippen molar-refractivity contribution in [1.82, 2.24) is 0 Å². The van der Waals surface area contributed by atoms with Gasteiger partial charge in [0.05, 0.1) is 10.2 Å². The Labute approximate surface area is 110 Å². The van der Waals surface area contributed by atoms with Gasteiger partial charge in [0.1, 0.15) is 0 Å². The zero-order valence-electron chi connectivity index (χ0n) is 7.62. The Hall–Kier alpha value is -0.380. The third-order valence-electron chi connectivity index (χ3n) is 0.512. The topological polar surface area (TPSA) is 153 Å². The largest absolute Gasteiger partial charge is 2.00 e. The summed E-state index contributed by atoms with van der Waals surface area (Å²) >= 11 is 0. The third-order valence-corrected chi connectivity index (χ3v) is 0.512. The molecule has 0 radical (unpaired) electrons. The zero-order valence-corrected chi connectivity index (χ0v) is 9.83. The van der Waals surface area contributed by atoms with E-state index in [4.69, 9.17) is 35.7 Å². The van der Waals surface area contributed by atoms with Gasteiger partial charge in [-0.3, -0.25) is 0 Å². The number of hydrogen-bond acceptors (Lipinski definition) is 7. The molecule has 0 spiro atoms. The number of aliphatic hydroxyl groups is 1. The summed E-state index contributed by atoms with van der Waals surface area (Å²) in [5, 5.41) is 37.6. The number of hydrogen-bond donors (Lipinski definition) is 1. The summed E-state index contributed by atoms with van der Waals surface area (Å²) in [6.07, 6.45) is 2.04. The summed E-state index contributed by atoms with van der Waals surface area (Å²) in [6.45, 7) is 2.40. The molecule has 0 fully saturated rings. The molecule has 0 aromatic heterocycles. The van der Waals surface area contributed by atoms with E-state index < -0.39 is 10.2 Å². The Kier molecular flexibility index (Phi) is 38.4. The van der Waals surface area contributed by atoms with Crippen LogP contribution < -0.4 is 0 Å². The van der Waals surface area contributed by atoms with Crippen LogP contribution in [-0.2, 0) is 0 Å². The van der Waals surface area contributed by atoms with Crippen LogP contribution in [0.1, 0.15) is 19.8 Å². The van der Waals surface area contributed by atoms with E-state index in [-0.39, 0.29) is 37.7 Å². The smallest absolute Gasteiger partial charge is 0.396 e. The van der Waals surface area contributed by atoms with Crippen molar-refractivity contribution in [3.05, 3.63) is 30.6 Å². The number of nitrogens with zero attached hydrogens (tertiary/aromatic N) is 2. The van der Waals surface area contributed by atoms with Crippen LogP contribution in [0.25, 0.3) is 0 Å². The van der Waals surface area contributed by atoms with Gasteiger partial charge in [-0.2, -0.15) is 0 Å². The summed E-state index contributed by atoms with van der Waals surface area (Å²) in [5.41, 5.74) is 0. The minimum atomic E-state index is -1.75. The first kappa shape index (κ1) is 23.4. The van der Waals surface area contributed by atoms with Crippen LogP contribution in [0.2, 0.25) is 0 Å². The van der Waals surface area contributed by atoms with Gasteiger partial charge in [-0.05, 0) is 6.42 Å². The molecule has 0 rings (SSSR count). The van der Waals surface area contributed by atoms with Crippen molar-refractivity contribution in [2.75, 3.05) is 6.61 Å². The molecule has 0 saturated heterocycles. The van der Waals surface area contributed by atoms with Crippen molar-refractivity contribution in [3.63, 3.8) is 0 Å². The second-order valence-electron chi connectivity index (χ2n) is 1.52. The van der Waals surface area contributed by atoms with Crippen LogP contribution in [0.15, 0.2) is 0 Å². The number of aliphatic hydroxyl groups excluding tert-OH is 1. The Morgan fingerprint density at radius 3 is 1.29 bits per heavy atom. The first-order valence-corrected chi connectivity index (χ1v) is 3.12. The fourth-order valence-corrected chi connectivity index (χ4v) is 0.158. The van der Waals surface area contributed by atoms with Gasteiger partial charge in [-0.25, -0.2) is 0 Å². The van der Waals surface area contributed by atoms with E-state index in [0.29, 0.717) is 6.61 Å². The maximum atomic E-state index is 8.25. The van der Waals surface area contributed by atoms with Gasteiger partial charge >= 0.3 is 37.7 Å². The van der Waals surface area contributed by atoms with E-state index in [1.807, 2.05) is 0 Å². The molecular formula is C4H10CaN2O7. The Morgan fingerprint density at radius 2 is 1.29 bits per heavy atom. The van der Waals surface area contributed by atoms with Gasteiger partial charge in [0.2, 0.25) is 0 Å². The van der Waals surface area contributed by atoms with Crippen molar-refractivity contribution >= 4 is 37.7 Å². The molecule has 0 saturated carbocycles. The monoisotopic (exact) mass is 238 g/mol. The second kappa shape index (κ2) is 22.9. The summed E-state index contributed by atoms with van der Waals surface area (Å²) in [7, 11) is 0. The molecule has 0 aliphatic carbocycles. The standard InChI is InChI=1S/C4H10O.Ca.2NO3/c1-2-3-4-5;;2*2-1(3)4/h5H,2-4H2,1H3;;;/q;+2;2*-1. The molecule has 14 heavy (non-hydrogen) atoms. The Balaban J connectivity index is -0.0000000522. The van der Waals surface area contributed by atoms with Gasteiger partial charge < -0.3 is 35.7 Å². The molecule has 0 aliphatic rings. The fraction of sp³-hybridized carbons (Fsp3) is 1.00. The quantitative estimate of drug-likeness (QED) is 0.401. The van der Waals surface area contributed by atoms with E-state index >= 15 is 0 Å². The molecule has 0 aromatic rings. The van der Waals surface area contributed by atoms with E-state index in [1.165, 1.54) is 0 Å². The van der Waals surface area contributed by atoms with Gasteiger partial charge in [0.25, 0.3) is 0 Å². The van der Waals surface area contributed by atoms with Crippen molar-refractivity contribution in [1.29, 1.82) is 0 Å². The maximum Gasteiger partial charge on any atom is 2.00 e. The molecule has 0 aliphatic heterocycles. The molecule has 0 amide bonds. The SMILES string of the molecule is CCCCO.O=[N+]([O-])[O-].O=[N+]([O-])[O-].[Ca+2]. The van der Waals surface area contributed by atoms with Crippen LogP contribution in [0.4, 0.5) is 0 Å². The third kappa shape index (κ3) is 499. The molecule has 0 aromatic carbocycles. The molecule has 0 unspecified atom stereocenters. The predicted molar refractivity (Wildman–Crippen MR) is 48.5 cm³/mol. The van der Waals surface area contributed by atoms with Gasteiger partial charge in [0, 0.05) is 6.61 Å². The fourth-order valence-electron chi connectivity index (χ4n) is 0.158. The van der Waals surface area contributed by atoms with Crippen LogP contribution in [0, 0.1) is 30.6 Å². The van der Waals surface area contributed by atoms with Crippen LogP contribution in [0.3, 0.4) is 0 Å². The predicted octanol–water partition coefficient (Wildman–Crippen LogP) is -0.0802. The molecular weight excluding hydrogens is 228 g/mol. The van der Waals surface area contributed by atoms with E-state index in [9.17, 15) is 0 Å². The summed E-state index contributed by atoms with van der Waals surface area (Å²) in [6, 6.07) is 0. The van der Waals surface area contributed by atoms with E-state index in [0.717, 1.165) is 12.8 Å². The summed E-state index contributed by atoms with van der Waals surface area (Å²) < 4.78 is 0. The molecule has 1 N–H and O–H groups in total. The first-order valence-electron chi connectivity index (χ1n) is 3.12. The van der Waals surface area contributed by atoms with Gasteiger partial charge in [-0.15, -0.1) is 0 Å². The molecule has 0 atom stereocenters. The minimum absolute atomic E-state index is 0. The second-order valence-corrected chi connectivity index (χ2v) is 1.52. The molecule has 10 heteroatoms. The van der Waals surface area contributed by atoms with E-state index in [2.05, 4.69) is 6.92 Å². The minimum Gasteiger partial charge on any atom is -0.396 e. The van der Waals surface area contributed by atoms with Gasteiger partial charge in [-0.1, -0.05) is 13.3 Å². The normalized spacial score (nSPS) is 6.43. The van der Waals surface area contributed by atoms with Crippen molar-refractivity contribution in [2.45, 2.75) is 19.8 Å². The summed E-state index contributed by atoms with van der Waals surface area (Å²) in [4.78, 5) is 16.5. The molecule has 0 bridgehead atoms. The maximum absolute atomic E-state index is 8.25. The summed E-state index contributed by atoms with van der Waals surface area (Å²) in [5.74, 6) is 0. The van der Waals surface area contributed by atoms with Crippen molar-refractivity contribution in [2.24, 2.45) is 0 Å². The van der Waals surface area contributed by atoms with Crippen LogP contribution >= 0.6 is 0 Å². The zero-order chi connectivity index (χ0) is 11.3. The molecule has 0 heterocycles. The number of unbranched alkanes of at least 4 members (excludes halogenated alkanes) is 1. The Morgan fingerprint density at radius 1 is 1.07 bits per heavy atom. The van der Waals surface area contributed by atoms with Crippen LogP contribution in [0.5, 0.6) is 0 Å². The molecule has 9 nitrogen and oxygen atoms in total. The van der Waals surface area contributed by atoms with Gasteiger partial charge in [0.15, 0.2) is 0 Å².